The molecule has 4 rings (SSSR count). The summed E-state index contributed by atoms with van der Waals surface area (Å²) in [6.45, 7) is 4.88. The van der Waals surface area contributed by atoms with Crippen molar-refractivity contribution in [3.05, 3.63) is 81.8 Å². The predicted molar refractivity (Wildman–Crippen MR) is 90.7 cm³/mol. The maximum absolute atomic E-state index is 2.44. The van der Waals surface area contributed by atoms with Crippen LogP contribution in [0.3, 0.4) is 0 Å². The van der Waals surface area contributed by atoms with Gasteiger partial charge in [-0.1, -0.05) is 0 Å². The average molecular weight is 321 g/mol. The minimum absolute atomic E-state index is 0.665. The van der Waals surface area contributed by atoms with Gasteiger partial charge in [-0.15, -0.1) is 0 Å². The molecule has 0 unspecified atom stereocenters. The summed E-state index contributed by atoms with van der Waals surface area (Å²) in [5, 5.41) is 0. The molecule has 0 nitrogen and oxygen atoms in total. The number of fused-ring (bicyclic) bond motifs is 3. The third-order valence-electron chi connectivity index (χ3n) is 4.91. The van der Waals surface area contributed by atoms with Gasteiger partial charge in [0.05, 0.1) is 0 Å². The van der Waals surface area contributed by atoms with E-state index in [1.807, 2.05) is 0 Å². The number of rotatable bonds is 3. The summed E-state index contributed by atoms with van der Waals surface area (Å²) in [6, 6.07) is 18.2. The van der Waals surface area contributed by atoms with Gasteiger partial charge in [0.2, 0.25) is 0 Å². The van der Waals surface area contributed by atoms with Crippen molar-refractivity contribution in [1.29, 1.82) is 0 Å². The summed E-state index contributed by atoms with van der Waals surface area (Å²) < 4.78 is 3.22. The predicted octanol–water partition coefficient (Wildman–Crippen LogP) is 6.05. The Bertz CT molecular complexity index is 721. The molecule has 0 N–H and O–H groups in total. The van der Waals surface area contributed by atoms with Crippen LogP contribution in [-0.2, 0) is 17.9 Å². The molecule has 109 valence electrons. The van der Waals surface area contributed by atoms with E-state index in [-0.39, 0.29) is 0 Å². The van der Waals surface area contributed by atoms with Gasteiger partial charge in [0.25, 0.3) is 0 Å². The molecule has 2 aromatic rings. The van der Waals surface area contributed by atoms with Gasteiger partial charge < -0.3 is 0 Å². The van der Waals surface area contributed by atoms with Crippen molar-refractivity contribution in [1.82, 2.24) is 0 Å². The van der Waals surface area contributed by atoms with Crippen molar-refractivity contribution in [2.45, 2.75) is 28.7 Å². The molecular formula is C21H21Ti. The molecule has 0 fully saturated rings. The van der Waals surface area contributed by atoms with E-state index < -0.39 is 17.9 Å². The fraction of sp³-hybridized carbons (Fsp3) is 0.238. The first-order valence-electron chi connectivity index (χ1n) is 8.18. The Labute approximate surface area is 139 Å². The van der Waals surface area contributed by atoms with Gasteiger partial charge in [0, 0.05) is 0 Å². The maximum atomic E-state index is 2.44. The topological polar surface area (TPSA) is 0 Å². The van der Waals surface area contributed by atoms with Crippen LogP contribution in [0.5, 0.6) is 0 Å². The van der Waals surface area contributed by atoms with Gasteiger partial charge >= 0.3 is 139 Å². The summed E-state index contributed by atoms with van der Waals surface area (Å²) in [4.78, 5) is 0. The Morgan fingerprint density at radius 2 is 1.50 bits per heavy atom. The molecule has 2 aliphatic rings. The Balaban J connectivity index is 1.90. The Kier molecular flexibility index (Phi) is 3.68. The summed E-state index contributed by atoms with van der Waals surface area (Å²) in [5.41, 5.74) is 6.11. The van der Waals surface area contributed by atoms with Crippen LogP contribution in [0.1, 0.15) is 35.6 Å². The summed E-state index contributed by atoms with van der Waals surface area (Å²) in [5.74, 6) is 0. The van der Waals surface area contributed by atoms with Crippen LogP contribution in [0.15, 0.2) is 70.6 Å². The van der Waals surface area contributed by atoms with Crippen LogP contribution in [0.4, 0.5) is 0 Å². The number of benzene rings is 2. The second-order valence-electron chi connectivity index (χ2n) is 6.54. The Morgan fingerprint density at radius 1 is 0.909 bits per heavy atom. The van der Waals surface area contributed by atoms with Gasteiger partial charge in [-0.25, -0.2) is 0 Å². The van der Waals surface area contributed by atoms with Crippen molar-refractivity contribution < 1.29 is 17.9 Å². The van der Waals surface area contributed by atoms with Crippen LogP contribution in [0.2, 0.25) is 4.22 Å². The van der Waals surface area contributed by atoms with Crippen molar-refractivity contribution in [3.63, 3.8) is 0 Å². The molecule has 2 aliphatic carbocycles. The summed E-state index contributed by atoms with van der Waals surface area (Å²) in [7, 11) is 0. The molecule has 0 bridgehead atoms. The molecule has 0 radical (unpaired) electrons. The molecule has 0 spiro atoms. The zero-order chi connectivity index (χ0) is 15.1. The Hall–Kier alpha value is -1.37. The second-order valence-corrected chi connectivity index (χ2v) is 11.7. The number of hydrogen-bond donors (Lipinski definition) is 0. The quantitative estimate of drug-likeness (QED) is 0.604. The SMILES string of the molecule is C[CH](C)[Ti]([C]1=CC=CC1)[CH]1c2ccccc2-c2ccccc21. The molecular weight excluding hydrogens is 300 g/mol. The molecule has 2 aromatic carbocycles. The van der Waals surface area contributed by atoms with Crippen LogP contribution < -0.4 is 0 Å². The van der Waals surface area contributed by atoms with Gasteiger partial charge in [-0.05, 0) is 0 Å². The molecule has 0 saturated carbocycles. The second kappa shape index (κ2) is 5.68. The molecule has 0 heterocycles. The first-order valence-corrected chi connectivity index (χ1v) is 10.8. The summed E-state index contributed by atoms with van der Waals surface area (Å²) in [6.07, 6.45) is 8.20. The molecule has 0 amide bonds. The molecule has 0 saturated heterocycles. The third-order valence-corrected chi connectivity index (χ3v) is 10.5. The first kappa shape index (κ1) is 14.2. The monoisotopic (exact) mass is 321 g/mol. The van der Waals surface area contributed by atoms with E-state index in [0.717, 1.165) is 4.22 Å². The standard InChI is InChI=1S/C13H9.C5H5.C3H7.Ti/c1-3-7-12-10(5-1)9-11-6-2-4-8-13(11)12;1-2-4-5-3-1;1-3-2;/h1-9H;1-3H,4H2;3H,1-2H3;. The minimum atomic E-state index is -1.42. The molecule has 0 aromatic heterocycles. The van der Waals surface area contributed by atoms with E-state index in [2.05, 4.69) is 80.6 Å². The van der Waals surface area contributed by atoms with Crippen molar-refractivity contribution in [2.75, 3.05) is 0 Å². The summed E-state index contributed by atoms with van der Waals surface area (Å²) >= 11 is -1.42. The zero-order valence-corrected chi connectivity index (χ0v) is 14.8. The molecule has 1 heteroatoms. The number of hydrogen-bond acceptors (Lipinski definition) is 0. The van der Waals surface area contributed by atoms with E-state index in [9.17, 15) is 0 Å². The van der Waals surface area contributed by atoms with E-state index in [1.54, 1.807) is 15.0 Å². The number of allylic oxidation sites excluding steroid dienone is 4. The van der Waals surface area contributed by atoms with E-state index in [1.165, 1.54) is 17.5 Å². The average Bonchev–Trinajstić information content (AvgIpc) is 3.16. The zero-order valence-electron chi connectivity index (χ0n) is 13.2. The normalized spacial score (nSPS) is 15.9. The van der Waals surface area contributed by atoms with Gasteiger partial charge in [-0.2, -0.15) is 0 Å². The fourth-order valence-corrected chi connectivity index (χ4v) is 9.66. The van der Waals surface area contributed by atoms with Crippen molar-refractivity contribution >= 4 is 0 Å². The first-order chi connectivity index (χ1) is 10.8. The van der Waals surface area contributed by atoms with Gasteiger partial charge in [-0.3, -0.25) is 0 Å². The van der Waals surface area contributed by atoms with Crippen molar-refractivity contribution in [2.24, 2.45) is 0 Å². The van der Waals surface area contributed by atoms with Gasteiger partial charge in [0.15, 0.2) is 0 Å². The van der Waals surface area contributed by atoms with Gasteiger partial charge in [0.1, 0.15) is 0 Å². The van der Waals surface area contributed by atoms with Crippen LogP contribution in [0.25, 0.3) is 11.1 Å². The van der Waals surface area contributed by atoms with E-state index in [4.69, 9.17) is 0 Å². The fourth-order valence-electron chi connectivity index (χ4n) is 4.04. The molecule has 22 heavy (non-hydrogen) atoms. The van der Waals surface area contributed by atoms with E-state index in [0.29, 0.717) is 4.22 Å². The van der Waals surface area contributed by atoms with Crippen LogP contribution in [0, 0.1) is 0 Å². The van der Waals surface area contributed by atoms with E-state index >= 15 is 0 Å². The molecule has 0 aliphatic heterocycles. The third kappa shape index (κ3) is 2.17. The van der Waals surface area contributed by atoms with Crippen LogP contribution >= 0.6 is 0 Å². The van der Waals surface area contributed by atoms with Crippen LogP contribution in [-0.4, -0.2) is 0 Å². The van der Waals surface area contributed by atoms with Crippen molar-refractivity contribution in [3.8, 4) is 11.1 Å². The Morgan fingerprint density at radius 3 is 2.00 bits per heavy atom. The molecule has 0 atom stereocenters.